The third-order valence-electron chi connectivity index (χ3n) is 2.25. The summed E-state index contributed by atoms with van der Waals surface area (Å²) in [4.78, 5) is 15.5. The van der Waals surface area contributed by atoms with Crippen molar-refractivity contribution in [3.63, 3.8) is 0 Å². The first kappa shape index (κ1) is 15.5. The van der Waals surface area contributed by atoms with Crippen LogP contribution in [0.2, 0.25) is 0 Å². The van der Waals surface area contributed by atoms with E-state index in [4.69, 9.17) is 9.15 Å². The van der Waals surface area contributed by atoms with E-state index in [1.807, 2.05) is 34.6 Å². The van der Waals surface area contributed by atoms with Gasteiger partial charge in [0.05, 0.1) is 12.2 Å². The average molecular weight is 269 g/mol. The minimum atomic E-state index is -0.472. The first-order valence-corrected chi connectivity index (χ1v) is 6.40. The molecule has 0 saturated heterocycles. The monoisotopic (exact) mass is 269 g/mol. The van der Waals surface area contributed by atoms with Crippen LogP contribution >= 0.6 is 0 Å². The molecule has 1 aromatic heterocycles. The maximum absolute atomic E-state index is 11.4. The van der Waals surface area contributed by atoms with Gasteiger partial charge in [0.2, 0.25) is 5.89 Å². The fourth-order valence-corrected chi connectivity index (χ4v) is 1.43. The number of aromatic nitrogens is 1. The molecule has 1 aromatic rings. The maximum atomic E-state index is 11.4. The third-order valence-corrected chi connectivity index (χ3v) is 2.25. The molecule has 0 aromatic carbocycles. The Bertz CT molecular complexity index is 410. The summed E-state index contributed by atoms with van der Waals surface area (Å²) in [6.45, 7) is 10.4. The number of aryl methyl sites for hydroxylation is 1. The Morgan fingerprint density at radius 2 is 2.16 bits per heavy atom. The fraction of sp³-hybridized carbons (Fsp3) is 0.692. The number of hydrogen-bond donors (Lipinski definition) is 2. The minimum absolute atomic E-state index is 0.00846. The largest absolute Gasteiger partial charge is 0.444 e. The van der Waals surface area contributed by atoms with Crippen LogP contribution in [0, 0.1) is 6.92 Å². The van der Waals surface area contributed by atoms with Crippen LogP contribution < -0.4 is 10.6 Å². The van der Waals surface area contributed by atoms with E-state index in [2.05, 4.69) is 15.6 Å². The molecule has 1 rings (SSSR count). The van der Waals surface area contributed by atoms with Gasteiger partial charge in [-0.3, -0.25) is 0 Å². The smallest absolute Gasteiger partial charge is 0.407 e. The zero-order valence-electron chi connectivity index (χ0n) is 12.2. The van der Waals surface area contributed by atoms with E-state index in [1.54, 1.807) is 6.20 Å². The van der Waals surface area contributed by atoms with Gasteiger partial charge in [-0.1, -0.05) is 0 Å². The Hall–Kier alpha value is -1.56. The lowest BCUT2D eigenvalue weighted by molar-refractivity contribution is 0.0528. The molecule has 6 nitrogen and oxygen atoms in total. The quantitative estimate of drug-likeness (QED) is 0.801. The zero-order chi connectivity index (χ0) is 14.5. The molecule has 1 amide bonds. The van der Waals surface area contributed by atoms with Crippen molar-refractivity contribution in [1.29, 1.82) is 0 Å². The number of ether oxygens (including phenoxy) is 1. The van der Waals surface area contributed by atoms with Gasteiger partial charge < -0.3 is 19.8 Å². The molecule has 0 fully saturated rings. The number of nitrogens with one attached hydrogen (secondary N) is 2. The van der Waals surface area contributed by atoms with Crippen LogP contribution in [0.5, 0.6) is 0 Å². The number of rotatable bonds is 5. The lowest BCUT2D eigenvalue weighted by Crippen LogP contribution is -2.36. The van der Waals surface area contributed by atoms with E-state index in [-0.39, 0.29) is 6.04 Å². The van der Waals surface area contributed by atoms with E-state index in [1.165, 1.54) is 0 Å². The highest BCUT2D eigenvalue weighted by atomic mass is 16.6. The lowest BCUT2D eigenvalue weighted by Gasteiger charge is -2.19. The van der Waals surface area contributed by atoms with Gasteiger partial charge in [-0.05, 0) is 34.6 Å². The van der Waals surface area contributed by atoms with Crippen molar-refractivity contribution in [2.75, 3.05) is 13.1 Å². The molecule has 1 unspecified atom stereocenters. The molecule has 0 radical (unpaired) electrons. The molecule has 0 saturated carbocycles. The van der Waals surface area contributed by atoms with Crippen LogP contribution in [0.3, 0.4) is 0 Å². The van der Waals surface area contributed by atoms with Crippen molar-refractivity contribution < 1.29 is 13.9 Å². The third kappa shape index (κ3) is 6.24. The number of alkyl carbamates (subject to hydrolysis) is 1. The van der Waals surface area contributed by atoms with Crippen LogP contribution in [-0.4, -0.2) is 29.8 Å². The molecule has 6 heteroatoms. The summed E-state index contributed by atoms with van der Waals surface area (Å²) in [5.41, 5.74) is -0.472. The second-order valence-electron chi connectivity index (χ2n) is 5.41. The number of amides is 1. The fourth-order valence-electron chi connectivity index (χ4n) is 1.43. The predicted octanol–water partition coefficient (Wildman–Crippen LogP) is 2.16. The first-order chi connectivity index (χ1) is 8.78. The van der Waals surface area contributed by atoms with Crippen molar-refractivity contribution in [3.8, 4) is 0 Å². The van der Waals surface area contributed by atoms with Crippen LogP contribution in [-0.2, 0) is 4.74 Å². The highest BCUT2D eigenvalue weighted by Gasteiger charge is 2.15. The molecule has 0 aliphatic heterocycles. The van der Waals surface area contributed by atoms with Crippen LogP contribution in [0.15, 0.2) is 10.6 Å². The number of carbonyl (C=O) groups is 1. The van der Waals surface area contributed by atoms with Gasteiger partial charge in [0, 0.05) is 13.1 Å². The lowest BCUT2D eigenvalue weighted by atomic mass is 10.2. The Morgan fingerprint density at radius 1 is 1.47 bits per heavy atom. The molecule has 108 valence electrons. The Morgan fingerprint density at radius 3 is 2.68 bits per heavy atom. The van der Waals surface area contributed by atoms with Gasteiger partial charge in [-0.15, -0.1) is 0 Å². The topological polar surface area (TPSA) is 76.4 Å². The summed E-state index contributed by atoms with van der Waals surface area (Å²) < 4.78 is 10.5. The normalized spacial score (nSPS) is 13.1. The summed E-state index contributed by atoms with van der Waals surface area (Å²) in [7, 11) is 0. The highest BCUT2D eigenvalue weighted by molar-refractivity contribution is 5.67. The van der Waals surface area contributed by atoms with Crippen molar-refractivity contribution in [2.45, 2.75) is 46.3 Å². The zero-order valence-corrected chi connectivity index (χ0v) is 12.2. The Kier molecular flexibility index (Phi) is 5.35. The molecular formula is C13H23N3O3. The van der Waals surface area contributed by atoms with Gasteiger partial charge in [-0.2, -0.15) is 0 Å². The summed E-state index contributed by atoms with van der Waals surface area (Å²) in [5.74, 6) is 1.44. The highest BCUT2D eigenvalue weighted by Crippen LogP contribution is 2.11. The summed E-state index contributed by atoms with van der Waals surface area (Å²) >= 11 is 0. The molecule has 0 spiro atoms. The van der Waals surface area contributed by atoms with E-state index >= 15 is 0 Å². The standard InChI is InChI=1S/C13H23N3O3/c1-9-8-16-11(18-9)10(2)14-6-7-15-12(17)19-13(3,4)5/h8,10,14H,6-7H2,1-5H3,(H,15,17). The number of hydrogen-bond acceptors (Lipinski definition) is 5. The SMILES string of the molecule is Cc1cnc(C(C)NCCNC(=O)OC(C)(C)C)o1. The predicted molar refractivity (Wildman–Crippen MR) is 71.9 cm³/mol. The minimum Gasteiger partial charge on any atom is -0.444 e. The molecule has 0 aliphatic rings. The average Bonchev–Trinajstić information content (AvgIpc) is 2.68. The summed E-state index contributed by atoms with van der Waals surface area (Å²) in [6.07, 6.45) is 1.28. The van der Waals surface area contributed by atoms with Gasteiger partial charge >= 0.3 is 6.09 Å². The molecular weight excluding hydrogens is 246 g/mol. The molecule has 1 heterocycles. The summed E-state index contributed by atoms with van der Waals surface area (Å²) in [6, 6.07) is 0.00846. The van der Waals surface area contributed by atoms with Crippen LogP contribution in [0.4, 0.5) is 4.79 Å². The van der Waals surface area contributed by atoms with Gasteiger partial charge in [0.25, 0.3) is 0 Å². The first-order valence-electron chi connectivity index (χ1n) is 6.40. The second kappa shape index (κ2) is 6.56. The number of nitrogens with zero attached hydrogens (tertiary/aromatic N) is 1. The molecule has 0 aliphatic carbocycles. The second-order valence-corrected chi connectivity index (χ2v) is 5.41. The molecule has 2 N–H and O–H groups in total. The van der Waals surface area contributed by atoms with Crippen LogP contribution in [0.25, 0.3) is 0 Å². The van der Waals surface area contributed by atoms with Gasteiger partial charge in [0.15, 0.2) is 0 Å². The molecule has 1 atom stereocenters. The maximum Gasteiger partial charge on any atom is 0.407 e. The van der Waals surface area contributed by atoms with E-state index in [9.17, 15) is 4.79 Å². The Balaban J connectivity index is 2.19. The van der Waals surface area contributed by atoms with E-state index < -0.39 is 11.7 Å². The van der Waals surface area contributed by atoms with Crippen LogP contribution in [0.1, 0.15) is 45.4 Å². The van der Waals surface area contributed by atoms with Crippen molar-refractivity contribution in [2.24, 2.45) is 0 Å². The molecule has 19 heavy (non-hydrogen) atoms. The van der Waals surface area contributed by atoms with E-state index in [0.29, 0.717) is 19.0 Å². The molecule has 0 bridgehead atoms. The van der Waals surface area contributed by atoms with Gasteiger partial charge in [-0.25, -0.2) is 9.78 Å². The van der Waals surface area contributed by atoms with Gasteiger partial charge in [0.1, 0.15) is 11.4 Å². The number of carbonyl (C=O) groups excluding carboxylic acids is 1. The van der Waals surface area contributed by atoms with Crippen molar-refractivity contribution in [1.82, 2.24) is 15.6 Å². The summed E-state index contributed by atoms with van der Waals surface area (Å²) in [5, 5.41) is 5.88. The number of oxazole rings is 1. The van der Waals surface area contributed by atoms with Crippen molar-refractivity contribution in [3.05, 3.63) is 17.8 Å². The van der Waals surface area contributed by atoms with E-state index in [0.717, 1.165) is 5.76 Å². The van der Waals surface area contributed by atoms with Crippen molar-refractivity contribution >= 4 is 6.09 Å². The Labute approximate surface area is 113 Å².